The maximum Gasteiger partial charge on any atom is 0.416 e. The number of halogens is 3. The first-order valence-corrected chi connectivity index (χ1v) is 9.89. The third-order valence-corrected chi connectivity index (χ3v) is 5.13. The van der Waals surface area contributed by atoms with Crippen LogP contribution in [0, 0.1) is 0 Å². The molecule has 1 aromatic heterocycles. The maximum atomic E-state index is 12.9. The normalized spacial score (nSPS) is 16.4. The summed E-state index contributed by atoms with van der Waals surface area (Å²) in [5.74, 6) is -0.290. The topological polar surface area (TPSA) is 88.3 Å². The third-order valence-electron chi connectivity index (χ3n) is 5.13. The van der Waals surface area contributed by atoms with E-state index < -0.39 is 11.7 Å². The smallest absolute Gasteiger partial charge is 0.343 e. The van der Waals surface area contributed by atoms with Crippen LogP contribution in [0.4, 0.5) is 13.2 Å². The molecule has 1 aliphatic rings. The van der Waals surface area contributed by atoms with Crippen molar-refractivity contribution in [3.63, 3.8) is 0 Å². The Kier molecular flexibility index (Phi) is 5.93. The highest BCUT2D eigenvalue weighted by atomic mass is 19.4. The van der Waals surface area contributed by atoms with Crippen molar-refractivity contribution in [3.05, 3.63) is 83.0 Å². The fraction of sp³-hybridized carbons (Fsp3) is 0.273. The molecule has 2 heterocycles. The first kappa shape index (κ1) is 21.5. The number of rotatable bonds is 6. The molecule has 0 radical (unpaired) electrons. The number of carbonyl (C=O) groups excluding carboxylic acids is 2. The molecule has 1 fully saturated rings. The van der Waals surface area contributed by atoms with Crippen LogP contribution < -0.4 is 5.32 Å². The van der Waals surface area contributed by atoms with Crippen molar-refractivity contribution in [1.82, 2.24) is 20.4 Å². The molecule has 3 aromatic rings. The van der Waals surface area contributed by atoms with Crippen molar-refractivity contribution in [3.8, 4) is 0 Å². The average Bonchev–Trinajstić information content (AvgIpc) is 3.39. The summed E-state index contributed by atoms with van der Waals surface area (Å²) < 4.78 is 43.9. The fourth-order valence-electron chi connectivity index (χ4n) is 3.52. The molecule has 2 amide bonds. The van der Waals surface area contributed by atoms with Gasteiger partial charge in [-0.05, 0) is 29.8 Å². The number of carbonyl (C=O) groups is 2. The predicted octanol–water partition coefficient (Wildman–Crippen LogP) is 3.53. The standard InChI is InChI=1S/C22H19F3N4O3/c23-22(24,25)17-8-4-5-14(9-17)12-29-13-16(10-19(29)30)20-27-18(32-28-20)11-26-21(31)15-6-2-1-3-7-15/h1-9,16H,10-13H2,(H,26,31). The Hall–Kier alpha value is -3.69. The molecule has 166 valence electrons. The summed E-state index contributed by atoms with van der Waals surface area (Å²) in [6.07, 6.45) is -4.31. The number of benzene rings is 2. The summed E-state index contributed by atoms with van der Waals surface area (Å²) in [4.78, 5) is 30.2. The zero-order valence-electron chi connectivity index (χ0n) is 16.8. The first-order valence-electron chi connectivity index (χ1n) is 9.89. The summed E-state index contributed by atoms with van der Waals surface area (Å²) in [5, 5.41) is 6.59. The lowest BCUT2D eigenvalue weighted by Gasteiger charge is -2.17. The fourth-order valence-corrected chi connectivity index (χ4v) is 3.52. The number of amides is 2. The Morgan fingerprint density at radius 3 is 2.69 bits per heavy atom. The van der Waals surface area contributed by atoms with Gasteiger partial charge in [0.05, 0.1) is 12.1 Å². The van der Waals surface area contributed by atoms with Crippen molar-refractivity contribution in [1.29, 1.82) is 0 Å². The minimum atomic E-state index is -4.44. The third kappa shape index (κ3) is 4.96. The van der Waals surface area contributed by atoms with Crippen LogP contribution in [0.25, 0.3) is 0 Å². The Morgan fingerprint density at radius 1 is 1.16 bits per heavy atom. The van der Waals surface area contributed by atoms with E-state index in [-0.39, 0.29) is 49.7 Å². The number of nitrogens with one attached hydrogen (secondary N) is 1. The van der Waals surface area contributed by atoms with E-state index in [0.29, 0.717) is 17.0 Å². The van der Waals surface area contributed by atoms with Crippen LogP contribution in [-0.2, 0) is 24.1 Å². The Morgan fingerprint density at radius 2 is 1.94 bits per heavy atom. The lowest BCUT2D eigenvalue weighted by Crippen LogP contribution is -2.24. The van der Waals surface area contributed by atoms with Gasteiger partial charge in [-0.2, -0.15) is 18.2 Å². The van der Waals surface area contributed by atoms with Gasteiger partial charge in [-0.15, -0.1) is 0 Å². The van der Waals surface area contributed by atoms with E-state index in [9.17, 15) is 22.8 Å². The number of aromatic nitrogens is 2. The van der Waals surface area contributed by atoms with Gasteiger partial charge < -0.3 is 14.7 Å². The number of hydrogen-bond acceptors (Lipinski definition) is 5. The van der Waals surface area contributed by atoms with Gasteiger partial charge in [-0.3, -0.25) is 9.59 Å². The molecule has 1 N–H and O–H groups in total. The van der Waals surface area contributed by atoms with Crippen LogP contribution in [0.15, 0.2) is 59.1 Å². The molecule has 32 heavy (non-hydrogen) atoms. The van der Waals surface area contributed by atoms with Crippen LogP contribution in [-0.4, -0.2) is 33.4 Å². The highest BCUT2D eigenvalue weighted by molar-refractivity contribution is 5.93. The Balaban J connectivity index is 1.35. The lowest BCUT2D eigenvalue weighted by molar-refractivity contribution is -0.137. The predicted molar refractivity (Wildman–Crippen MR) is 106 cm³/mol. The van der Waals surface area contributed by atoms with Gasteiger partial charge in [0.25, 0.3) is 5.91 Å². The van der Waals surface area contributed by atoms with Crippen LogP contribution in [0.3, 0.4) is 0 Å². The van der Waals surface area contributed by atoms with Crippen LogP contribution in [0.1, 0.15) is 45.5 Å². The van der Waals surface area contributed by atoms with Gasteiger partial charge in [-0.1, -0.05) is 35.5 Å². The number of alkyl halides is 3. The van der Waals surface area contributed by atoms with E-state index in [2.05, 4.69) is 15.5 Å². The molecular weight excluding hydrogens is 425 g/mol. The molecule has 2 aromatic carbocycles. The largest absolute Gasteiger partial charge is 0.416 e. The van der Waals surface area contributed by atoms with Gasteiger partial charge in [0, 0.05) is 31.0 Å². The quantitative estimate of drug-likeness (QED) is 0.629. The second kappa shape index (κ2) is 8.81. The molecule has 1 aliphatic heterocycles. The highest BCUT2D eigenvalue weighted by Crippen LogP contribution is 2.31. The van der Waals surface area contributed by atoms with Crippen molar-refractivity contribution < 1.29 is 27.3 Å². The van der Waals surface area contributed by atoms with Crippen molar-refractivity contribution in [2.24, 2.45) is 0 Å². The molecule has 7 nitrogen and oxygen atoms in total. The van der Waals surface area contributed by atoms with Gasteiger partial charge in [0.2, 0.25) is 11.8 Å². The van der Waals surface area contributed by atoms with E-state index in [0.717, 1.165) is 12.1 Å². The summed E-state index contributed by atoms with van der Waals surface area (Å²) in [5.41, 5.74) is 0.142. The SMILES string of the molecule is O=C(NCc1nc(C2CC(=O)N(Cc3cccc(C(F)(F)F)c3)C2)no1)c1ccccc1. The van der Waals surface area contributed by atoms with E-state index in [1.807, 2.05) is 0 Å². The van der Waals surface area contributed by atoms with E-state index in [1.165, 1.54) is 11.0 Å². The highest BCUT2D eigenvalue weighted by Gasteiger charge is 2.34. The second-order valence-corrected chi connectivity index (χ2v) is 7.47. The lowest BCUT2D eigenvalue weighted by atomic mass is 10.1. The molecule has 0 bridgehead atoms. The van der Waals surface area contributed by atoms with Gasteiger partial charge in [0.1, 0.15) is 0 Å². The monoisotopic (exact) mass is 444 g/mol. The van der Waals surface area contributed by atoms with Crippen molar-refractivity contribution >= 4 is 11.8 Å². The van der Waals surface area contributed by atoms with E-state index in [4.69, 9.17) is 4.52 Å². The Bertz CT molecular complexity index is 1110. The molecule has 0 saturated carbocycles. The maximum absolute atomic E-state index is 12.9. The minimum absolute atomic E-state index is 0.0370. The molecule has 0 spiro atoms. The summed E-state index contributed by atoms with van der Waals surface area (Å²) >= 11 is 0. The number of likely N-dealkylation sites (tertiary alicyclic amines) is 1. The van der Waals surface area contributed by atoms with Crippen molar-refractivity contribution in [2.75, 3.05) is 6.54 Å². The molecule has 1 atom stereocenters. The minimum Gasteiger partial charge on any atom is -0.343 e. The summed E-state index contributed by atoms with van der Waals surface area (Å²) in [6.45, 7) is 0.372. The average molecular weight is 444 g/mol. The van der Waals surface area contributed by atoms with Crippen molar-refractivity contribution in [2.45, 2.75) is 31.6 Å². The van der Waals surface area contributed by atoms with Gasteiger partial charge >= 0.3 is 6.18 Å². The molecule has 10 heteroatoms. The molecule has 1 unspecified atom stereocenters. The van der Waals surface area contributed by atoms with Crippen LogP contribution in [0.5, 0.6) is 0 Å². The van der Waals surface area contributed by atoms with Crippen LogP contribution >= 0.6 is 0 Å². The van der Waals surface area contributed by atoms with Crippen LogP contribution in [0.2, 0.25) is 0 Å². The molecule has 4 rings (SSSR count). The summed E-state index contributed by atoms with van der Waals surface area (Å²) in [6, 6.07) is 13.6. The summed E-state index contributed by atoms with van der Waals surface area (Å²) in [7, 11) is 0. The Labute approximate surface area is 181 Å². The zero-order chi connectivity index (χ0) is 22.7. The van der Waals surface area contributed by atoms with Gasteiger partial charge in [0.15, 0.2) is 5.82 Å². The zero-order valence-corrected chi connectivity index (χ0v) is 16.8. The molecule has 1 saturated heterocycles. The second-order valence-electron chi connectivity index (χ2n) is 7.47. The molecular formula is C22H19F3N4O3. The number of nitrogens with zero attached hydrogens (tertiary/aromatic N) is 3. The van der Waals surface area contributed by atoms with Gasteiger partial charge in [-0.25, -0.2) is 0 Å². The van der Waals surface area contributed by atoms with E-state index in [1.54, 1.807) is 36.4 Å². The van der Waals surface area contributed by atoms with E-state index >= 15 is 0 Å². The number of hydrogen-bond donors (Lipinski definition) is 1. The first-order chi connectivity index (χ1) is 15.3. The molecule has 0 aliphatic carbocycles.